The van der Waals surface area contributed by atoms with Gasteiger partial charge in [-0.2, -0.15) is 0 Å². The molecule has 1 N–H and O–H groups in total. The lowest BCUT2D eigenvalue weighted by atomic mass is 10.0. The van der Waals surface area contributed by atoms with E-state index in [1.54, 1.807) is 12.5 Å². The molecule has 1 unspecified atom stereocenters. The van der Waals surface area contributed by atoms with E-state index in [-0.39, 0.29) is 6.04 Å². The summed E-state index contributed by atoms with van der Waals surface area (Å²) >= 11 is 9.45. The van der Waals surface area contributed by atoms with Gasteiger partial charge in [-0.3, -0.25) is 0 Å². The van der Waals surface area contributed by atoms with Gasteiger partial charge < -0.3 is 9.73 Å². The van der Waals surface area contributed by atoms with Gasteiger partial charge in [0, 0.05) is 10.0 Å². The summed E-state index contributed by atoms with van der Waals surface area (Å²) in [5.41, 5.74) is 2.27. The largest absolute Gasteiger partial charge is 0.472 e. The summed E-state index contributed by atoms with van der Waals surface area (Å²) in [6.45, 7) is 2.97. The van der Waals surface area contributed by atoms with Crippen LogP contribution < -0.4 is 5.32 Å². The minimum Gasteiger partial charge on any atom is -0.472 e. The lowest BCUT2D eigenvalue weighted by molar-refractivity contribution is 0.553. The fourth-order valence-electron chi connectivity index (χ4n) is 1.76. The Bertz CT molecular complexity index is 484. The standard InChI is InChI=1S/C13H13BrClNO/c1-2-16-13(10-5-6-17-8-10)9-3-4-12(15)11(14)7-9/h3-8,13,16H,2H2,1H3. The second-order valence-electron chi connectivity index (χ2n) is 3.72. The van der Waals surface area contributed by atoms with Crippen LogP contribution in [0.5, 0.6) is 0 Å². The smallest absolute Gasteiger partial charge is 0.0953 e. The highest BCUT2D eigenvalue weighted by atomic mass is 79.9. The van der Waals surface area contributed by atoms with Crippen molar-refractivity contribution < 1.29 is 4.42 Å². The Kier molecular flexibility index (Phi) is 4.26. The van der Waals surface area contributed by atoms with Crippen LogP contribution in [0.1, 0.15) is 24.1 Å². The summed E-state index contributed by atoms with van der Waals surface area (Å²) < 4.78 is 6.05. The second kappa shape index (κ2) is 5.71. The number of benzene rings is 1. The Balaban J connectivity index is 2.35. The van der Waals surface area contributed by atoms with E-state index >= 15 is 0 Å². The van der Waals surface area contributed by atoms with Crippen molar-refractivity contribution >= 4 is 27.5 Å². The quantitative estimate of drug-likeness (QED) is 0.905. The number of furan rings is 1. The van der Waals surface area contributed by atoms with E-state index in [1.807, 2.05) is 24.3 Å². The maximum absolute atomic E-state index is 6.00. The van der Waals surface area contributed by atoms with E-state index in [0.717, 1.165) is 27.2 Å². The monoisotopic (exact) mass is 313 g/mol. The Hall–Kier alpha value is -0.770. The first-order chi connectivity index (χ1) is 8.22. The maximum Gasteiger partial charge on any atom is 0.0953 e. The van der Waals surface area contributed by atoms with Crippen LogP contribution >= 0.6 is 27.5 Å². The lowest BCUT2D eigenvalue weighted by Gasteiger charge is -2.17. The summed E-state index contributed by atoms with van der Waals surface area (Å²) in [4.78, 5) is 0. The first-order valence-corrected chi connectivity index (χ1v) is 6.60. The molecular weight excluding hydrogens is 302 g/mol. The molecule has 17 heavy (non-hydrogen) atoms. The fourth-order valence-corrected chi connectivity index (χ4v) is 2.28. The molecule has 2 aromatic rings. The van der Waals surface area contributed by atoms with Crippen LogP contribution in [0.25, 0.3) is 0 Å². The van der Waals surface area contributed by atoms with Gasteiger partial charge in [0.25, 0.3) is 0 Å². The average molecular weight is 315 g/mol. The van der Waals surface area contributed by atoms with Crippen molar-refractivity contribution in [2.75, 3.05) is 6.54 Å². The van der Waals surface area contributed by atoms with Gasteiger partial charge in [0.2, 0.25) is 0 Å². The molecule has 2 nitrogen and oxygen atoms in total. The predicted octanol–water partition coefficient (Wildman–Crippen LogP) is 4.39. The van der Waals surface area contributed by atoms with Crippen molar-refractivity contribution in [1.82, 2.24) is 5.32 Å². The second-order valence-corrected chi connectivity index (χ2v) is 4.98. The molecule has 0 aliphatic rings. The van der Waals surface area contributed by atoms with Gasteiger partial charge >= 0.3 is 0 Å². The molecule has 0 bridgehead atoms. The molecule has 1 heterocycles. The molecule has 0 amide bonds. The van der Waals surface area contributed by atoms with Gasteiger partial charge in [0.05, 0.1) is 23.6 Å². The Morgan fingerprint density at radius 2 is 2.18 bits per heavy atom. The summed E-state index contributed by atoms with van der Waals surface area (Å²) in [6.07, 6.45) is 3.44. The molecule has 0 spiro atoms. The van der Waals surface area contributed by atoms with Crippen LogP contribution in [-0.2, 0) is 0 Å². The number of hydrogen-bond acceptors (Lipinski definition) is 2. The van der Waals surface area contributed by atoms with Crippen LogP contribution in [0.3, 0.4) is 0 Å². The molecule has 2 rings (SSSR count). The van der Waals surface area contributed by atoms with Gasteiger partial charge in [-0.05, 0) is 46.2 Å². The van der Waals surface area contributed by atoms with Gasteiger partial charge in [-0.15, -0.1) is 0 Å². The van der Waals surface area contributed by atoms with Crippen LogP contribution in [0.4, 0.5) is 0 Å². The first-order valence-electron chi connectivity index (χ1n) is 5.42. The molecule has 90 valence electrons. The van der Waals surface area contributed by atoms with E-state index in [2.05, 4.69) is 28.2 Å². The molecule has 0 aliphatic carbocycles. The predicted molar refractivity (Wildman–Crippen MR) is 73.4 cm³/mol. The summed E-state index contributed by atoms with van der Waals surface area (Å²) in [5.74, 6) is 0. The first kappa shape index (κ1) is 12.7. The topological polar surface area (TPSA) is 25.2 Å². The van der Waals surface area contributed by atoms with Gasteiger partial charge in [-0.1, -0.05) is 24.6 Å². The molecule has 1 atom stereocenters. The van der Waals surface area contributed by atoms with E-state index in [9.17, 15) is 0 Å². The fraction of sp³-hybridized carbons (Fsp3) is 0.231. The maximum atomic E-state index is 6.00. The van der Waals surface area contributed by atoms with Gasteiger partial charge in [0.15, 0.2) is 0 Å². The normalized spacial score (nSPS) is 12.6. The minimum absolute atomic E-state index is 0.132. The molecule has 1 aromatic carbocycles. The van der Waals surface area contributed by atoms with Crippen LogP contribution in [0.2, 0.25) is 5.02 Å². The summed E-state index contributed by atoms with van der Waals surface area (Å²) in [7, 11) is 0. The van der Waals surface area contributed by atoms with Crippen molar-refractivity contribution in [1.29, 1.82) is 0 Å². The Labute approximate surface area is 114 Å². The number of hydrogen-bond donors (Lipinski definition) is 1. The summed E-state index contributed by atoms with van der Waals surface area (Å²) in [5, 5.41) is 4.14. The average Bonchev–Trinajstić information content (AvgIpc) is 2.83. The third kappa shape index (κ3) is 2.92. The molecule has 4 heteroatoms. The number of rotatable bonds is 4. The molecular formula is C13H13BrClNO. The van der Waals surface area contributed by atoms with Gasteiger partial charge in [0.1, 0.15) is 0 Å². The van der Waals surface area contributed by atoms with Crippen LogP contribution in [0.15, 0.2) is 45.7 Å². The van der Waals surface area contributed by atoms with E-state index in [4.69, 9.17) is 16.0 Å². The van der Waals surface area contributed by atoms with Crippen molar-refractivity contribution in [2.24, 2.45) is 0 Å². The lowest BCUT2D eigenvalue weighted by Crippen LogP contribution is -2.21. The zero-order valence-electron chi connectivity index (χ0n) is 9.41. The highest BCUT2D eigenvalue weighted by Gasteiger charge is 2.14. The van der Waals surface area contributed by atoms with Crippen molar-refractivity contribution in [2.45, 2.75) is 13.0 Å². The van der Waals surface area contributed by atoms with Crippen LogP contribution in [-0.4, -0.2) is 6.54 Å². The van der Waals surface area contributed by atoms with Crippen LogP contribution in [0, 0.1) is 0 Å². The van der Waals surface area contributed by atoms with E-state index in [0.29, 0.717) is 0 Å². The molecule has 0 fully saturated rings. The molecule has 1 aromatic heterocycles. The van der Waals surface area contributed by atoms with Crippen molar-refractivity contribution in [3.05, 3.63) is 57.4 Å². The molecule has 0 saturated carbocycles. The zero-order valence-corrected chi connectivity index (χ0v) is 11.8. The highest BCUT2D eigenvalue weighted by molar-refractivity contribution is 9.10. The Morgan fingerprint density at radius 3 is 2.76 bits per heavy atom. The van der Waals surface area contributed by atoms with Crippen molar-refractivity contribution in [3.8, 4) is 0 Å². The van der Waals surface area contributed by atoms with E-state index < -0.39 is 0 Å². The Morgan fingerprint density at radius 1 is 1.35 bits per heavy atom. The number of halogens is 2. The SMILES string of the molecule is CCNC(c1ccoc1)c1ccc(Cl)c(Br)c1. The molecule has 0 radical (unpaired) electrons. The third-order valence-electron chi connectivity index (χ3n) is 2.56. The van der Waals surface area contributed by atoms with Gasteiger partial charge in [-0.25, -0.2) is 0 Å². The van der Waals surface area contributed by atoms with Crippen molar-refractivity contribution in [3.63, 3.8) is 0 Å². The number of nitrogens with one attached hydrogen (secondary N) is 1. The zero-order chi connectivity index (χ0) is 12.3. The van der Waals surface area contributed by atoms with E-state index in [1.165, 1.54) is 0 Å². The molecule has 0 saturated heterocycles. The highest BCUT2D eigenvalue weighted by Crippen LogP contribution is 2.29. The third-order valence-corrected chi connectivity index (χ3v) is 3.78. The molecule has 0 aliphatic heterocycles. The minimum atomic E-state index is 0.132. The summed E-state index contributed by atoms with van der Waals surface area (Å²) in [6, 6.07) is 8.05.